The highest BCUT2D eigenvalue weighted by Gasteiger charge is 2.32. The Hall–Kier alpha value is -1.66. The molecule has 0 unspecified atom stereocenters. The van der Waals surface area contributed by atoms with Gasteiger partial charge in [-0.1, -0.05) is 17.7 Å². The molecule has 2 amide bonds. The quantitative estimate of drug-likeness (QED) is 0.857. The van der Waals surface area contributed by atoms with Gasteiger partial charge in [0.05, 0.1) is 12.5 Å². The van der Waals surface area contributed by atoms with Crippen molar-refractivity contribution in [3.63, 3.8) is 0 Å². The molecule has 126 valence electrons. The van der Waals surface area contributed by atoms with Crippen molar-refractivity contribution in [1.82, 2.24) is 15.5 Å². The summed E-state index contributed by atoms with van der Waals surface area (Å²) in [4.78, 5) is 25.9. The molecular formula is C16H21ClFN3O2. The Bertz CT molecular complexity index is 574. The number of carbonyl (C=O) groups excluding carboxylic acids is 2. The lowest BCUT2D eigenvalue weighted by atomic mass is 10.1. The van der Waals surface area contributed by atoms with Crippen LogP contribution in [0.15, 0.2) is 18.2 Å². The van der Waals surface area contributed by atoms with Crippen LogP contribution >= 0.6 is 11.6 Å². The molecule has 0 saturated carbocycles. The maximum atomic E-state index is 14.0. The average molecular weight is 342 g/mol. The van der Waals surface area contributed by atoms with Crippen LogP contribution in [-0.2, 0) is 16.1 Å². The van der Waals surface area contributed by atoms with E-state index in [0.29, 0.717) is 23.7 Å². The molecule has 1 saturated heterocycles. The zero-order valence-electron chi connectivity index (χ0n) is 13.2. The highest BCUT2D eigenvalue weighted by molar-refractivity contribution is 6.31. The highest BCUT2D eigenvalue weighted by Crippen LogP contribution is 2.23. The maximum Gasteiger partial charge on any atom is 0.237 e. The molecule has 1 heterocycles. The highest BCUT2D eigenvalue weighted by atomic mass is 35.5. The van der Waals surface area contributed by atoms with Crippen LogP contribution in [0.3, 0.4) is 0 Å². The number of nitrogens with one attached hydrogen (secondary N) is 2. The number of hydrogen-bond donors (Lipinski definition) is 2. The average Bonchev–Trinajstić information content (AvgIpc) is 2.45. The van der Waals surface area contributed by atoms with Gasteiger partial charge in [-0.3, -0.25) is 14.5 Å². The number of halogens is 2. The van der Waals surface area contributed by atoms with E-state index in [1.54, 1.807) is 11.0 Å². The molecule has 1 atom stereocenters. The van der Waals surface area contributed by atoms with Crippen molar-refractivity contribution in [2.24, 2.45) is 0 Å². The zero-order chi connectivity index (χ0) is 17.0. The first-order chi connectivity index (χ1) is 10.9. The van der Waals surface area contributed by atoms with E-state index in [9.17, 15) is 14.0 Å². The molecule has 0 radical (unpaired) electrons. The van der Waals surface area contributed by atoms with Crippen molar-refractivity contribution in [3.05, 3.63) is 34.6 Å². The third-order valence-electron chi connectivity index (χ3n) is 3.69. The topological polar surface area (TPSA) is 61.4 Å². The fraction of sp³-hybridized carbons (Fsp3) is 0.500. The Morgan fingerprint density at radius 3 is 2.91 bits per heavy atom. The first-order valence-corrected chi connectivity index (χ1v) is 8.00. The van der Waals surface area contributed by atoms with E-state index in [0.717, 1.165) is 0 Å². The van der Waals surface area contributed by atoms with Gasteiger partial charge < -0.3 is 10.6 Å². The van der Waals surface area contributed by atoms with Gasteiger partial charge in [-0.2, -0.15) is 0 Å². The summed E-state index contributed by atoms with van der Waals surface area (Å²) in [6, 6.07) is 3.87. The predicted molar refractivity (Wildman–Crippen MR) is 86.5 cm³/mol. The third-order valence-corrected chi connectivity index (χ3v) is 4.05. The first kappa shape index (κ1) is 17.7. The summed E-state index contributed by atoms with van der Waals surface area (Å²) in [6.45, 7) is 4.91. The van der Waals surface area contributed by atoms with Crippen molar-refractivity contribution < 1.29 is 14.0 Å². The van der Waals surface area contributed by atoms with E-state index in [2.05, 4.69) is 10.6 Å². The van der Waals surface area contributed by atoms with Crippen molar-refractivity contribution >= 4 is 23.4 Å². The van der Waals surface area contributed by atoms with Gasteiger partial charge >= 0.3 is 0 Å². The fourth-order valence-corrected chi connectivity index (χ4v) is 2.84. The van der Waals surface area contributed by atoms with Crippen LogP contribution in [-0.4, -0.2) is 41.9 Å². The second-order valence-electron chi connectivity index (χ2n) is 5.90. The summed E-state index contributed by atoms with van der Waals surface area (Å²) in [5.41, 5.74) is 0.345. The van der Waals surface area contributed by atoms with Crippen LogP contribution < -0.4 is 10.6 Å². The Balaban J connectivity index is 2.14. The van der Waals surface area contributed by atoms with Crippen molar-refractivity contribution in [2.75, 3.05) is 13.1 Å². The predicted octanol–water partition coefficient (Wildman–Crippen LogP) is 1.69. The molecular weight excluding hydrogens is 321 g/mol. The Kier molecular flexibility index (Phi) is 5.96. The molecule has 5 nitrogen and oxygen atoms in total. The minimum Gasteiger partial charge on any atom is -0.354 e. The van der Waals surface area contributed by atoms with Crippen molar-refractivity contribution in [3.8, 4) is 0 Å². The largest absolute Gasteiger partial charge is 0.354 e. The summed E-state index contributed by atoms with van der Waals surface area (Å²) in [6.07, 6.45) is 0.0378. The Morgan fingerprint density at radius 1 is 1.52 bits per heavy atom. The minimum atomic E-state index is -0.627. The van der Waals surface area contributed by atoms with Crippen LogP contribution in [0.1, 0.15) is 25.8 Å². The van der Waals surface area contributed by atoms with Crippen molar-refractivity contribution in [1.29, 1.82) is 0 Å². The van der Waals surface area contributed by atoms with Crippen molar-refractivity contribution in [2.45, 2.75) is 38.9 Å². The molecule has 1 aromatic carbocycles. The summed E-state index contributed by atoms with van der Waals surface area (Å²) >= 11 is 6.06. The third kappa shape index (κ3) is 4.65. The van der Waals surface area contributed by atoms with Crippen LogP contribution in [0, 0.1) is 5.82 Å². The molecule has 0 aliphatic carbocycles. The lowest BCUT2D eigenvalue weighted by Crippen LogP contribution is -2.56. The summed E-state index contributed by atoms with van der Waals surface area (Å²) < 4.78 is 14.0. The van der Waals surface area contributed by atoms with E-state index in [-0.39, 0.29) is 30.8 Å². The molecule has 1 fully saturated rings. The van der Waals surface area contributed by atoms with E-state index in [1.165, 1.54) is 12.1 Å². The Labute approximate surface area is 140 Å². The molecule has 0 bridgehead atoms. The summed E-state index contributed by atoms with van der Waals surface area (Å²) in [7, 11) is 0. The molecule has 2 N–H and O–H groups in total. The SMILES string of the molecule is CC(C)NC(=O)C[C@@H]1C(=O)NCCN1Cc1c(F)cccc1Cl. The Morgan fingerprint density at radius 2 is 2.26 bits per heavy atom. The van der Waals surface area contributed by atoms with Gasteiger partial charge in [0.25, 0.3) is 0 Å². The van der Waals surface area contributed by atoms with Gasteiger partial charge in [-0.15, -0.1) is 0 Å². The normalized spacial score (nSPS) is 18.8. The summed E-state index contributed by atoms with van der Waals surface area (Å²) in [5.74, 6) is -0.830. The zero-order valence-corrected chi connectivity index (χ0v) is 14.0. The molecule has 0 aromatic heterocycles. The molecule has 0 spiro atoms. The minimum absolute atomic E-state index is 0.00335. The van der Waals surface area contributed by atoms with Gasteiger partial charge in [0.2, 0.25) is 11.8 Å². The second-order valence-corrected chi connectivity index (χ2v) is 6.31. The first-order valence-electron chi connectivity index (χ1n) is 7.62. The molecule has 1 aliphatic rings. The molecule has 1 aromatic rings. The van der Waals surface area contributed by atoms with E-state index < -0.39 is 11.9 Å². The number of piperazine rings is 1. The van der Waals surface area contributed by atoms with E-state index in [4.69, 9.17) is 11.6 Å². The van der Waals surface area contributed by atoms with Crippen LogP contribution in [0.4, 0.5) is 4.39 Å². The molecule has 23 heavy (non-hydrogen) atoms. The number of benzene rings is 1. The fourth-order valence-electron chi connectivity index (χ4n) is 2.62. The van der Waals surface area contributed by atoms with Gasteiger partial charge in [0.15, 0.2) is 0 Å². The second kappa shape index (κ2) is 7.75. The number of amides is 2. The van der Waals surface area contributed by atoms with Crippen LogP contribution in [0.25, 0.3) is 0 Å². The smallest absolute Gasteiger partial charge is 0.237 e. The monoisotopic (exact) mass is 341 g/mol. The molecule has 1 aliphatic heterocycles. The number of hydrogen-bond acceptors (Lipinski definition) is 3. The lowest BCUT2D eigenvalue weighted by Gasteiger charge is -2.35. The standard InChI is InChI=1S/C16H21ClFN3O2/c1-10(2)20-15(22)8-14-16(23)19-6-7-21(14)9-11-12(17)4-3-5-13(11)18/h3-5,10,14H,6-9H2,1-2H3,(H,19,23)(H,20,22)/t14-/m1/s1. The van der Waals surface area contributed by atoms with Gasteiger partial charge in [-0.05, 0) is 26.0 Å². The van der Waals surface area contributed by atoms with Crippen LogP contribution in [0.5, 0.6) is 0 Å². The number of nitrogens with zero attached hydrogens (tertiary/aromatic N) is 1. The molecule has 7 heteroatoms. The maximum absolute atomic E-state index is 14.0. The van der Waals surface area contributed by atoms with Gasteiger partial charge in [-0.25, -0.2) is 4.39 Å². The summed E-state index contributed by atoms with van der Waals surface area (Å²) in [5, 5.41) is 5.84. The lowest BCUT2D eigenvalue weighted by molar-refractivity contribution is -0.134. The molecule has 2 rings (SSSR count). The van der Waals surface area contributed by atoms with E-state index >= 15 is 0 Å². The van der Waals surface area contributed by atoms with Gasteiger partial charge in [0, 0.05) is 36.3 Å². The van der Waals surface area contributed by atoms with Gasteiger partial charge in [0.1, 0.15) is 5.82 Å². The van der Waals surface area contributed by atoms with Crippen LogP contribution in [0.2, 0.25) is 5.02 Å². The number of carbonyl (C=O) groups is 2. The number of rotatable bonds is 5. The van der Waals surface area contributed by atoms with E-state index in [1.807, 2.05) is 13.8 Å².